The van der Waals surface area contributed by atoms with Gasteiger partial charge in [-0.2, -0.15) is 0 Å². The summed E-state index contributed by atoms with van der Waals surface area (Å²) in [7, 11) is 0. The van der Waals surface area contributed by atoms with Crippen molar-refractivity contribution < 1.29 is 13.9 Å². The van der Waals surface area contributed by atoms with Crippen LogP contribution in [0.4, 0.5) is 10.1 Å². The largest absolute Gasteiger partial charge is 0.379 e. The predicted molar refractivity (Wildman–Crippen MR) is 104 cm³/mol. The summed E-state index contributed by atoms with van der Waals surface area (Å²) in [6, 6.07) is 11.1. The van der Waals surface area contributed by atoms with E-state index in [-0.39, 0.29) is 11.7 Å². The van der Waals surface area contributed by atoms with Crippen molar-refractivity contribution in [2.24, 2.45) is 0 Å². The Morgan fingerprint density at radius 2 is 2.03 bits per heavy atom. The van der Waals surface area contributed by atoms with Crippen LogP contribution in [0.1, 0.15) is 17.2 Å². The zero-order valence-corrected chi connectivity index (χ0v) is 16.0. The SMILES string of the molecule is Cc1cc(NC(=O)[C@H](c2cccc(F)c2)N2CCOCC2)ccc1-n1cnnn1. The van der Waals surface area contributed by atoms with E-state index in [1.807, 2.05) is 24.0 Å². The quantitative estimate of drug-likeness (QED) is 0.711. The lowest BCUT2D eigenvalue weighted by Crippen LogP contribution is -2.43. The van der Waals surface area contributed by atoms with Crippen molar-refractivity contribution in [3.8, 4) is 5.69 Å². The molecule has 1 amide bonds. The van der Waals surface area contributed by atoms with Crippen molar-refractivity contribution in [1.82, 2.24) is 25.1 Å². The number of carbonyl (C=O) groups is 1. The highest BCUT2D eigenvalue weighted by Gasteiger charge is 2.29. The summed E-state index contributed by atoms with van der Waals surface area (Å²) in [6.45, 7) is 4.20. The standard InChI is InChI=1S/C20H21FN6O2/c1-14-11-17(5-6-18(14)27-13-22-24-25-27)23-20(28)19(26-7-9-29-10-8-26)15-3-2-4-16(21)12-15/h2-6,11-13,19H,7-10H2,1H3,(H,23,28)/t19-/m0/s1. The lowest BCUT2D eigenvalue weighted by atomic mass is 10.0. The molecule has 9 heteroatoms. The van der Waals surface area contributed by atoms with Gasteiger partial charge in [0.2, 0.25) is 5.91 Å². The van der Waals surface area contributed by atoms with Crippen molar-refractivity contribution >= 4 is 11.6 Å². The first kappa shape index (κ1) is 19.2. The lowest BCUT2D eigenvalue weighted by Gasteiger charge is -2.33. The molecule has 1 atom stereocenters. The molecule has 1 saturated heterocycles. The molecule has 3 aromatic rings. The topological polar surface area (TPSA) is 85.2 Å². The predicted octanol–water partition coefficient (Wildman–Crippen LogP) is 2.12. The maximum Gasteiger partial charge on any atom is 0.246 e. The molecule has 1 aromatic heterocycles. The summed E-state index contributed by atoms with van der Waals surface area (Å²) in [5.74, 6) is -0.581. The number of hydrogen-bond acceptors (Lipinski definition) is 6. The number of amides is 1. The first-order valence-corrected chi connectivity index (χ1v) is 9.34. The molecule has 4 rings (SSSR count). The molecule has 8 nitrogen and oxygen atoms in total. The molecule has 2 aromatic carbocycles. The van der Waals surface area contributed by atoms with E-state index in [4.69, 9.17) is 4.74 Å². The van der Waals surface area contributed by atoms with Crippen LogP contribution < -0.4 is 5.32 Å². The van der Waals surface area contributed by atoms with E-state index in [2.05, 4.69) is 20.8 Å². The Hall–Kier alpha value is -3.17. The highest BCUT2D eigenvalue weighted by molar-refractivity contribution is 5.95. The van der Waals surface area contributed by atoms with Gasteiger partial charge >= 0.3 is 0 Å². The molecule has 1 fully saturated rings. The van der Waals surface area contributed by atoms with Gasteiger partial charge in [0.15, 0.2) is 0 Å². The van der Waals surface area contributed by atoms with Gasteiger partial charge in [-0.25, -0.2) is 9.07 Å². The van der Waals surface area contributed by atoms with E-state index in [9.17, 15) is 9.18 Å². The molecule has 150 valence electrons. The summed E-state index contributed by atoms with van der Waals surface area (Å²) in [5.41, 5.74) is 3.00. The number of carbonyl (C=O) groups excluding carboxylic acids is 1. The van der Waals surface area contributed by atoms with Gasteiger partial charge in [-0.1, -0.05) is 12.1 Å². The molecule has 0 aliphatic carbocycles. The minimum Gasteiger partial charge on any atom is -0.379 e. The van der Waals surface area contributed by atoms with Crippen LogP contribution >= 0.6 is 0 Å². The summed E-state index contributed by atoms with van der Waals surface area (Å²) < 4.78 is 20.8. The number of rotatable bonds is 5. The molecule has 1 N–H and O–H groups in total. The summed E-state index contributed by atoms with van der Waals surface area (Å²) in [5, 5.41) is 14.1. The zero-order valence-electron chi connectivity index (χ0n) is 16.0. The van der Waals surface area contributed by atoms with Gasteiger partial charge in [-0.15, -0.1) is 5.10 Å². The Kier molecular flexibility index (Phi) is 5.59. The lowest BCUT2D eigenvalue weighted by molar-refractivity contribution is -0.123. The molecule has 0 spiro atoms. The van der Waals surface area contributed by atoms with Crippen molar-refractivity contribution in [2.45, 2.75) is 13.0 Å². The minimum atomic E-state index is -0.603. The third-order valence-electron chi connectivity index (χ3n) is 4.88. The fourth-order valence-corrected chi connectivity index (χ4v) is 3.51. The Morgan fingerprint density at radius 1 is 1.21 bits per heavy atom. The second-order valence-electron chi connectivity index (χ2n) is 6.85. The van der Waals surface area contributed by atoms with E-state index < -0.39 is 6.04 Å². The van der Waals surface area contributed by atoms with Crippen LogP contribution in [-0.4, -0.2) is 57.3 Å². The Bertz CT molecular complexity index is 988. The van der Waals surface area contributed by atoms with Gasteiger partial charge in [0.05, 0.1) is 18.9 Å². The van der Waals surface area contributed by atoms with Gasteiger partial charge in [0, 0.05) is 18.8 Å². The number of nitrogens with zero attached hydrogens (tertiary/aromatic N) is 5. The molecule has 0 saturated carbocycles. The zero-order chi connectivity index (χ0) is 20.2. The number of aromatic nitrogens is 4. The van der Waals surface area contributed by atoms with Crippen LogP contribution in [0.5, 0.6) is 0 Å². The first-order valence-electron chi connectivity index (χ1n) is 9.34. The van der Waals surface area contributed by atoms with Gasteiger partial charge in [0.25, 0.3) is 0 Å². The monoisotopic (exact) mass is 396 g/mol. The summed E-state index contributed by atoms with van der Waals surface area (Å²) >= 11 is 0. The summed E-state index contributed by atoms with van der Waals surface area (Å²) in [6.07, 6.45) is 1.51. The van der Waals surface area contributed by atoms with E-state index in [0.29, 0.717) is 37.6 Å². The molecular formula is C20H21FN6O2. The van der Waals surface area contributed by atoms with E-state index in [1.54, 1.807) is 22.9 Å². The van der Waals surface area contributed by atoms with Gasteiger partial charge in [-0.3, -0.25) is 9.69 Å². The molecule has 0 radical (unpaired) electrons. The second kappa shape index (κ2) is 8.46. The number of tetrazole rings is 1. The van der Waals surface area contributed by atoms with Crippen LogP contribution in [0.3, 0.4) is 0 Å². The average Bonchev–Trinajstić information content (AvgIpc) is 3.24. The maximum absolute atomic E-state index is 13.8. The number of benzene rings is 2. The van der Waals surface area contributed by atoms with Crippen LogP contribution in [0.25, 0.3) is 5.69 Å². The smallest absolute Gasteiger partial charge is 0.246 e. The Labute approximate surface area is 167 Å². The molecule has 1 aliphatic heterocycles. The fourth-order valence-electron chi connectivity index (χ4n) is 3.51. The average molecular weight is 396 g/mol. The number of anilines is 1. The van der Waals surface area contributed by atoms with Crippen LogP contribution in [0.2, 0.25) is 0 Å². The van der Waals surface area contributed by atoms with Gasteiger partial charge in [-0.05, 0) is 58.8 Å². The summed E-state index contributed by atoms with van der Waals surface area (Å²) in [4.78, 5) is 15.2. The molecule has 2 heterocycles. The van der Waals surface area contributed by atoms with E-state index in [1.165, 1.54) is 18.5 Å². The molecule has 0 unspecified atom stereocenters. The van der Waals surface area contributed by atoms with Crippen molar-refractivity contribution in [2.75, 3.05) is 31.6 Å². The molecule has 29 heavy (non-hydrogen) atoms. The Balaban J connectivity index is 1.58. The van der Waals surface area contributed by atoms with E-state index >= 15 is 0 Å². The van der Waals surface area contributed by atoms with E-state index in [0.717, 1.165) is 11.3 Å². The number of aryl methyl sites for hydroxylation is 1. The van der Waals surface area contributed by atoms with Crippen LogP contribution in [0, 0.1) is 12.7 Å². The first-order chi connectivity index (χ1) is 14.1. The highest BCUT2D eigenvalue weighted by Crippen LogP contribution is 2.25. The number of halogens is 1. The molecule has 0 bridgehead atoms. The normalized spacial score (nSPS) is 15.8. The van der Waals surface area contributed by atoms with Crippen LogP contribution in [0.15, 0.2) is 48.8 Å². The van der Waals surface area contributed by atoms with Gasteiger partial charge < -0.3 is 10.1 Å². The maximum atomic E-state index is 13.8. The molecule has 1 aliphatic rings. The third kappa shape index (κ3) is 4.30. The van der Waals surface area contributed by atoms with Crippen molar-refractivity contribution in [3.63, 3.8) is 0 Å². The number of hydrogen-bond donors (Lipinski definition) is 1. The minimum absolute atomic E-state index is 0.216. The second-order valence-corrected chi connectivity index (χ2v) is 6.85. The number of ether oxygens (including phenoxy) is 1. The van der Waals surface area contributed by atoms with Crippen molar-refractivity contribution in [3.05, 3.63) is 65.7 Å². The fraction of sp³-hybridized carbons (Fsp3) is 0.300. The van der Waals surface area contributed by atoms with Crippen molar-refractivity contribution in [1.29, 1.82) is 0 Å². The number of morpholine rings is 1. The van der Waals surface area contributed by atoms with Crippen LogP contribution in [-0.2, 0) is 9.53 Å². The number of nitrogens with one attached hydrogen (secondary N) is 1. The third-order valence-corrected chi connectivity index (χ3v) is 4.88. The van der Waals surface area contributed by atoms with Gasteiger partial charge in [0.1, 0.15) is 18.2 Å². The highest BCUT2D eigenvalue weighted by atomic mass is 19.1. The molecular weight excluding hydrogens is 375 g/mol. The Morgan fingerprint density at radius 3 is 2.72 bits per heavy atom.